The summed E-state index contributed by atoms with van der Waals surface area (Å²) in [5.74, 6) is 0.762. The third kappa shape index (κ3) is 3.30. The van der Waals surface area contributed by atoms with Gasteiger partial charge >= 0.3 is 0 Å². The van der Waals surface area contributed by atoms with Crippen LogP contribution in [0.3, 0.4) is 0 Å². The van der Waals surface area contributed by atoms with Gasteiger partial charge in [-0.3, -0.25) is 9.69 Å². The molecule has 4 nitrogen and oxygen atoms in total. The van der Waals surface area contributed by atoms with Gasteiger partial charge in [0.1, 0.15) is 0 Å². The molecule has 1 saturated carbocycles. The smallest absolute Gasteiger partial charge is 0.226 e. The molecule has 2 aliphatic heterocycles. The van der Waals surface area contributed by atoms with Crippen LogP contribution in [0, 0.1) is 5.92 Å². The lowest BCUT2D eigenvalue weighted by molar-refractivity contribution is -0.131. The van der Waals surface area contributed by atoms with E-state index in [0.29, 0.717) is 27.9 Å². The van der Waals surface area contributed by atoms with Crippen molar-refractivity contribution in [1.82, 2.24) is 15.1 Å². The van der Waals surface area contributed by atoms with Gasteiger partial charge in [0.15, 0.2) is 0 Å². The molecule has 1 aromatic carbocycles. The molecule has 1 amide bonds. The van der Waals surface area contributed by atoms with Gasteiger partial charge in [0.2, 0.25) is 5.91 Å². The predicted octanol–water partition coefficient (Wildman–Crippen LogP) is 2.60. The second kappa shape index (κ2) is 6.83. The Hall–Kier alpha value is -0.810. The number of amides is 1. The zero-order valence-corrected chi connectivity index (χ0v) is 15.2. The Morgan fingerprint density at radius 2 is 1.92 bits per heavy atom. The molecule has 1 aliphatic carbocycles. The Morgan fingerprint density at radius 1 is 1.12 bits per heavy atom. The molecule has 2 heterocycles. The summed E-state index contributed by atoms with van der Waals surface area (Å²) in [6.45, 7) is 6.12. The van der Waals surface area contributed by atoms with Crippen molar-refractivity contribution in [2.24, 2.45) is 5.92 Å². The van der Waals surface area contributed by atoms with Crippen LogP contribution in [-0.2, 0) is 4.79 Å². The second-order valence-corrected chi connectivity index (χ2v) is 7.95. The summed E-state index contributed by atoms with van der Waals surface area (Å²) in [5.41, 5.74) is 1.14. The highest BCUT2D eigenvalue weighted by Crippen LogP contribution is 2.49. The van der Waals surface area contributed by atoms with E-state index >= 15 is 0 Å². The Labute approximate surface area is 153 Å². The van der Waals surface area contributed by atoms with Crippen LogP contribution in [0.15, 0.2) is 18.2 Å². The van der Waals surface area contributed by atoms with E-state index in [4.69, 9.17) is 23.2 Å². The molecule has 2 saturated heterocycles. The molecule has 1 N–H and O–H groups in total. The van der Waals surface area contributed by atoms with Crippen LogP contribution in [-0.4, -0.2) is 61.0 Å². The van der Waals surface area contributed by atoms with Crippen molar-refractivity contribution < 1.29 is 4.79 Å². The first-order chi connectivity index (χ1) is 11.6. The number of piperazine rings is 1. The van der Waals surface area contributed by atoms with E-state index < -0.39 is 0 Å². The molecule has 3 unspecified atom stereocenters. The standard InChI is InChI=1S/C18H23Cl2N3O/c19-16-2-1-12(9-17(16)20)14-10-15(14)18(24)23-6-3-13(11-23)22-7-4-21-5-8-22/h1-2,9,13-15,21H,3-8,10-11H2. The van der Waals surface area contributed by atoms with Gasteiger partial charge in [-0.15, -0.1) is 0 Å². The van der Waals surface area contributed by atoms with Gasteiger partial charge < -0.3 is 10.2 Å². The SMILES string of the molecule is O=C(C1CC1c1ccc(Cl)c(Cl)c1)N1CCC(N2CCNCC2)C1. The van der Waals surface area contributed by atoms with Gasteiger partial charge in [0.25, 0.3) is 0 Å². The minimum absolute atomic E-state index is 0.129. The summed E-state index contributed by atoms with van der Waals surface area (Å²) in [7, 11) is 0. The summed E-state index contributed by atoms with van der Waals surface area (Å²) in [6, 6.07) is 6.28. The van der Waals surface area contributed by atoms with Gasteiger partial charge in [0.05, 0.1) is 10.0 Å². The first-order valence-electron chi connectivity index (χ1n) is 8.82. The molecule has 3 atom stereocenters. The van der Waals surface area contributed by atoms with Gasteiger partial charge in [-0.1, -0.05) is 29.3 Å². The van der Waals surface area contributed by atoms with E-state index in [-0.39, 0.29) is 5.92 Å². The molecular weight excluding hydrogens is 345 g/mol. The molecule has 24 heavy (non-hydrogen) atoms. The Bertz CT molecular complexity index is 633. The summed E-state index contributed by atoms with van der Waals surface area (Å²) < 4.78 is 0. The van der Waals surface area contributed by atoms with Gasteiger partial charge in [-0.2, -0.15) is 0 Å². The quantitative estimate of drug-likeness (QED) is 0.891. The molecular formula is C18H23Cl2N3O. The van der Waals surface area contributed by atoms with E-state index in [9.17, 15) is 4.79 Å². The number of benzene rings is 1. The Morgan fingerprint density at radius 3 is 2.67 bits per heavy atom. The fraction of sp³-hybridized carbons (Fsp3) is 0.611. The number of carbonyl (C=O) groups excluding carboxylic acids is 1. The third-order valence-corrected chi connectivity index (χ3v) is 6.36. The van der Waals surface area contributed by atoms with Crippen molar-refractivity contribution in [2.45, 2.75) is 24.8 Å². The molecule has 0 spiro atoms. The number of rotatable bonds is 3. The Balaban J connectivity index is 1.35. The summed E-state index contributed by atoms with van der Waals surface area (Å²) in [6.07, 6.45) is 2.04. The topological polar surface area (TPSA) is 35.6 Å². The lowest BCUT2D eigenvalue weighted by Gasteiger charge is -2.32. The van der Waals surface area contributed by atoms with Crippen LogP contribution in [0.1, 0.15) is 24.3 Å². The normalized spacial score (nSPS) is 30.6. The molecule has 4 rings (SSSR count). The lowest BCUT2D eigenvalue weighted by Crippen LogP contribution is -2.49. The first kappa shape index (κ1) is 16.6. The van der Waals surface area contributed by atoms with E-state index in [1.807, 2.05) is 18.2 Å². The Kier molecular flexibility index (Phi) is 4.74. The highest BCUT2D eigenvalue weighted by Gasteiger charge is 2.47. The highest BCUT2D eigenvalue weighted by molar-refractivity contribution is 6.42. The number of carbonyl (C=O) groups is 1. The van der Waals surface area contributed by atoms with E-state index in [1.165, 1.54) is 0 Å². The molecule has 1 aromatic rings. The van der Waals surface area contributed by atoms with Crippen molar-refractivity contribution in [1.29, 1.82) is 0 Å². The molecule has 0 radical (unpaired) electrons. The molecule has 0 aromatic heterocycles. The number of nitrogens with one attached hydrogen (secondary N) is 1. The summed E-state index contributed by atoms with van der Waals surface area (Å²) in [4.78, 5) is 17.4. The lowest BCUT2D eigenvalue weighted by atomic mass is 10.1. The van der Waals surface area contributed by atoms with Crippen LogP contribution in [0.2, 0.25) is 10.0 Å². The van der Waals surface area contributed by atoms with Crippen molar-refractivity contribution in [3.05, 3.63) is 33.8 Å². The van der Waals surface area contributed by atoms with Gasteiger partial charge in [-0.05, 0) is 36.5 Å². The largest absolute Gasteiger partial charge is 0.341 e. The number of hydrogen-bond donors (Lipinski definition) is 1. The second-order valence-electron chi connectivity index (χ2n) is 7.13. The number of halogens is 2. The third-order valence-electron chi connectivity index (χ3n) is 5.62. The molecule has 3 aliphatic rings. The maximum absolute atomic E-state index is 12.8. The molecule has 130 valence electrons. The minimum Gasteiger partial charge on any atom is -0.341 e. The van der Waals surface area contributed by atoms with E-state index in [0.717, 1.165) is 57.7 Å². The van der Waals surface area contributed by atoms with Crippen molar-refractivity contribution in [3.63, 3.8) is 0 Å². The maximum atomic E-state index is 12.8. The van der Waals surface area contributed by atoms with Crippen LogP contribution in [0.5, 0.6) is 0 Å². The van der Waals surface area contributed by atoms with Crippen LogP contribution >= 0.6 is 23.2 Å². The highest BCUT2D eigenvalue weighted by atomic mass is 35.5. The summed E-state index contributed by atoms with van der Waals surface area (Å²) in [5, 5.41) is 4.54. The van der Waals surface area contributed by atoms with Crippen molar-refractivity contribution >= 4 is 29.1 Å². The van der Waals surface area contributed by atoms with Crippen LogP contribution in [0.4, 0.5) is 0 Å². The number of nitrogens with zero attached hydrogens (tertiary/aromatic N) is 2. The zero-order chi connectivity index (χ0) is 16.7. The average Bonchev–Trinajstić information content (AvgIpc) is 3.25. The predicted molar refractivity (Wildman–Crippen MR) is 96.7 cm³/mol. The average molecular weight is 368 g/mol. The maximum Gasteiger partial charge on any atom is 0.226 e. The fourth-order valence-corrected chi connectivity index (χ4v) is 4.41. The summed E-state index contributed by atoms with van der Waals surface area (Å²) >= 11 is 12.1. The van der Waals surface area contributed by atoms with Gasteiger partial charge in [-0.25, -0.2) is 0 Å². The fourth-order valence-electron chi connectivity index (χ4n) is 4.10. The van der Waals surface area contributed by atoms with E-state index in [2.05, 4.69) is 15.1 Å². The minimum atomic E-state index is 0.129. The van der Waals surface area contributed by atoms with Crippen LogP contribution in [0.25, 0.3) is 0 Å². The van der Waals surface area contributed by atoms with Crippen molar-refractivity contribution in [2.75, 3.05) is 39.3 Å². The molecule has 0 bridgehead atoms. The number of likely N-dealkylation sites (tertiary alicyclic amines) is 1. The first-order valence-corrected chi connectivity index (χ1v) is 9.57. The molecule has 3 fully saturated rings. The monoisotopic (exact) mass is 367 g/mol. The zero-order valence-electron chi connectivity index (χ0n) is 13.7. The van der Waals surface area contributed by atoms with E-state index in [1.54, 1.807) is 0 Å². The van der Waals surface area contributed by atoms with Crippen molar-refractivity contribution in [3.8, 4) is 0 Å². The van der Waals surface area contributed by atoms with Gasteiger partial charge in [0, 0.05) is 51.2 Å². The van der Waals surface area contributed by atoms with Crippen LogP contribution < -0.4 is 5.32 Å². The number of hydrogen-bond acceptors (Lipinski definition) is 3. The molecule has 6 heteroatoms.